The number of hydrogen-bond acceptors (Lipinski definition) is 3. The number of aliphatic hydroxyl groups excluding tert-OH is 1. The van der Waals surface area contributed by atoms with Crippen LogP contribution in [0.2, 0.25) is 0 Å². The summed E-state index contributed by atoms with van der Waals surface area (Å²) < 4.78 is 0.701. The highest BCUT2D eigenvalue weighted by Gasteiger charge is 2.07. The van der Waals surface area contributed by atoms with E-state index in [2.05, 4.69) is 21.2 Å². The SMILES string of the molecule is Nc1ccc(C(=O)NCc2cccc(CO)c2)cc1Br. The average molecular weight is 335 g/mol. The Hall–Kier alpha value is -1.85. The van der Waals surface area contributed by atoms with Crippen LogP contribution in [0.5, 0.6) is 0 Å². The van der Waals surface area contributed by atoms with Crippen LogP contribution in [0.1, 0.15) is 21.5 Å². The van der Waals surface area contributed by atoms with Gasteiger partial charge in [0.05, 0.1) is 6.61 Å². The molecule has 0 atom stereocenters. The number of rotatable bonds is 4. The summed E-state index contributed by atoms with van der Waals surface area (Å²) >= 11 is 3.30. The van der Waals surface area contributed by atoms with Crippen molar-refractivity contribution >= 4 is 27.5 Å². The third-order valence-corrected chi connectivity index (χ3v) is 3.58. The van der Waals surface area contributed by atoms with E-state index in [1.54, 1.807) is 18.2 Å². The van der Waals surface area contributed by atoms with Crippen LogP contribution in [0.15, 0.2) is 46.9 Å². The van der Waals surface area contributed by atoms with E-state index in [1.807, 2.05) is 24.3 Å². The number of carbonyl (C=O) groups is 1. The van der Waals surface area contributed by atoms with Crippen LogP contribution < -0.4 is 11.1 Å². The molecule has 0 radical (unpaired) electrons. The van der Waals surface area contributed by atoms with Crippen molar-refractivity contribution in [2.45, 2.75) is 13.2 Å². The van der Waals surface area contributed by atoms with Crippen molar-refractivity contribution in [3.63, 3.8) is 0 Å². The standard InChI is InChI=1S/C15H15BrN2O2/c16-13-7-12(4-5-14(13)17)15(20)18-8-10-2-1-3-11(6-10)9-19/h1-7,19H,8-9,17H2,(H,18,20). The molecule has 0 saturated heterocycles. The summed E-state index contributed by atoms with van der Waals surface area (Å²) in [5, 5.41) is 11.9. The molecular weight excluding hydrogens is 320 g/mol. The normalized spacial score (nSPS) is 10.3. The average Bonchev–Trinajstić information content (AvgIpc) is 2.47. The van der Waals surface area contributed by atoms with Crippen LogP contribution in [0.4, 0.5) is 5.69 Å². The van der Waals surface area contributed by atoms with Crippen LogP contribution in [-0.2, 0) is 13.2 Å². The van der Waals surface area contributed by atoms with Gasteiger partial charge in [0, 0.05) is 22.3 Å². The lowest BCUT2D eigenvalue weighted by atomic mass is 10.1. The lowest BCUT2D eigenvalue weighted by molar-refractivity contribution is 0.0951. The van der Waals surface area contributed by atoms with Crippen LogP contribution >= 0.6 is 15.9 Å². The lowest BCUT2D eigenvalue weighted by Crippen LogP contribution is -2.22. The van der Waals surface area contributed by atoms with Crippen LogP contribution in [0.25, 0.3) is 0 Å². The molecule has 4 N–H and O–H groups in total. The highest BCUT2D eigenvalue weighted by Crippen LogP contribution is 2.20. The maximum Gasteiger partial charge on any atom is 0.251 e. The van der Waals surface area contributed by atoms with Gasteiger partial charge in [0.25, 0.3) is 5.91 Å². The van der Waals surface area contributed by atoms with E-state index in [1.165, 1.54) is 0 Å². The molecule has 0 saturated carbocycles. The molecule has 0 bridgehead atoms. The first-order valence-corrected chi connectivity index (χ1v) is 6.91. The lowest BCUT2D eigenvalue weighted by Gasteiger charge is -2.07. The molecule has 0 fully saturated rings. The summed E-state index contributed by atoms with van der Waals surface area (Å²) in [4.78, 5) is 12.0. The van der Waals surface area contributed by atoms with E-state index in [0.717, 1.165) is 11.1 Å². The molecule has 0 aliphatic rings. The Morgan fingerprint density at radius 1 is 1.20 bits per heavy atom. The molecule has 0 spiro atoms. The van der Waals surface area contributed by atoms with Crippen molar-refractivity contribution < 1.29 is 9.90 Å². The first-order chi connectivity index (χ1) is 9.60. The Morgan fingerprint density at radius 2 is 1.95 bits per heavy atom. The van der Waals surface area contributed by atoms with E-state index in [9.17, 15) is 4.79 Å². The summed E-state index contributed by atoms with van der Waals surface area (Å²) in [6.07, 6.45) is 0. The number of anilines is 1. The van der Waals surface area contributed by atoms with Crippen LogP contribution in [0.3, 0.4) is 0 Å². The quantitative estimate of drug-likeness (QED) is 0.752. The summed E-state index contributed by atoms with van der Waals surface area (Å²) in [5.41, 5.74) is 8.59. The van der Waals surface area contributed by atoms with Gasteiger partial charge in [-0.15, -0.1) is 0 Å². The van der Waals surface area contributed by atoms with Gasteiger partial charge in [-0.05, 0) is 45.3 Å². The van der Waals surface area contributed by atoms with E-state index < -0.39 is 0 Å². The fourth-order valence-electron chi connectivity index (χ4n) is 1.79. The zero-order valence-corrected chi connectivity index (χ0v) is 12.4. The zero-order valence-electron chi connectivity index (χ0n) is 10.8. The molecule has 104 valence electrons. The number of nitrogens with two attached hydrogens (primary N) is 1. The third kappa shape index (κ3) is 3.59. The predicted molar refractivity (Wildman–Crippen MR) is 82.1 cm³/mol. The Labute approximate surface area is 125 Å². The zero-order chi connectivity index (χ0) is 14.5. The number of aliphatic hydroxyl groups is 1. The minimum atomic E-state index is -0.167. The Morgan fingerprint density at radius 3 is 2.65 bits per heavy atom. The molecule has 0 aliphatic heterocycles. The molecule has 20 heavy (non-hydrogen) atoms. The second-order valence-corrected chi connectivity index (χ2v) is 5.25. The van der Waals surface area contributed by atoms with Gasteiger partial charge >= 0.3 is 0 Å². The van der Waals surface area contributed by atoms with Crippen molar-refractivity contribution in [1.29, 1.82) is 0 Å². The largest absolute Gasteiger partial charge is 0.398 e. The van der Waals surface area contributed by atoms with Gasteiger partial charge in [-0.2, -0.15) is 0 Å². The third-order valence-electron chi connectivity index (χ3n) is 2.89. The van der Waals surface area contributed by atoms with E-state index in [-0.39, 0.29) is 12.5 Å². The maximum atomic E-state index is 12.0. The number of benzene rings is 2. The molecule has 4 nitrogen and oxygen atoms in total. The Bertz CT molecular complexity index is 629. The molecule has 0 heterocycles. The Balaban J connectivity index is 2.02. The maximum absolute atomic E-state index is 12.0. The first kappa shape index (κ1) is 14.6. The fraction of sp³-hybridized carbons (Fsp3) is 0.133. The van der Waals surface area contributed by atoms with Crippen molar-refractivity contribution in [3.05, 3.63) is 63.6 Å². The topological polar surface area (TPSA) is 75.4 Å². The monoisotopic (exact) mass is 334 g/mol. The smallest absolute Gasteiger partial charge is 0.251 e. The van der Waals surface area contributed by atoms with Gasteiger partial charge in [0.2, 0.25) is 0 Å². The molecule has 2 rings (SSSR count). The second kappa shape index (κ2) is 6.54. The minimum absolute atomic E-state index is 0.00725. The summed E-state index contributed by atoms with van der Waals surface area (Å²) in [5.74, 6) is -0.167. The van der Waals surface area contributed by atoms with Gasteiger partial charge < -0.3 is 16.2 Å². The molecular formula is C15H15BrN2O2. The predicted octanol–water partition coefficient (Wildman–Crippen LogP) is 2.45. The molecule has 2 aromatic rings. The highest BCUT2D eigenvalue weighted by molar-refractivity contribution is 9.10. The van der Waals surface area contributed by atoms with Crippen LogP contribution in [-0.4, -0.2) is 11.0 Å². The fourth-order valence-corrected chi connectivity index (χ4v) is 2.17. The Kier molecular flexibility index (Phi) is 4.76. The van der Waals surface area contributed by atoms with E-state index >= 15 is 0 Å². The van der Waals surface area contributed by atoms with E-state index in [0.29, 0.717) is 22.3 Å². The van der Waals surface area contributed by atoms with Gasteiger partial charge in [-0.3, -0.25) is 4.79 Å². The van der Waals surface area contributed by atoms with Gasteiger partial charge in [-0.1, -0.05) is 24.3 Å². The van der Waals surface area contributed by atoms with Gasteiger partial charge in [-0.25, -0.2) is 0 Å². The van der Waals surface area contributed by atoms with Crippen molar-refractivity contribution in [3.8, 4) is 0 Å². The number of amides is 1. The van der Waals surface area contributed by atoms with Gasteiger partial charge in [0.1, 0.15) is 0 Å². The molecule has 0 unspecified atom stereocenters. The van der Waals surface area contributed by atoms with Crippen molar-refractivity contribution in [2.24, 2.45) is 0 Å². The summed E-state index contributed by atoms with van der Waals surface area (Å²) in [6.45, 7) is 0.404. The first-order valence-electron chi connectivity index (χ1n) is 6.12. The van der Waals surface area contributed by atoms with Crippen LogP contribution in [0, 0.1) is 0 Å². The summed E-state index contributed by atoms with van der Waals surface area (Å²) in [6, 6.07) is 12.5. The number of halogens is 1. The molecule has 0 aliphatic carbocycles. The van der Waals surface area contributed by atoms with Crippen molar-refractivity contribution in [2.75, 3.05) is 5.73 Å². The highest BCUT2D eigenvalue weighted by atomic mass is 79.9. The number of nitrogens with one attached hydrogen (secondary N) is 1. The summed E-state index contributed by atoms with van der Waals surface area (Å²) in [7, 11) is 0. The minimum Gasteiger partial charge on any atom is -0.398 e. The molecule has 0 aromatic heterocycles. The second-order valence-electron chi connectivity index (χ2n) is 4.40. The number of nitrogen functional groups attached to an aromatic ring is 1. The number of hydrogen-bond donors (Lipinski definition) is 3. The molecule has 2 aromatic carbocycles. The number of carbonyl (C=O) groups excluding carboxylic acids is 1. The van der Waals surface area contributed by atoms with E-state index in [4.69, 9.17) is 10.8 Å². The van der Waals surface area contributed by atoms with Crippen molar-refractivity contribution in [1.82, 2.24) is 5.32 Å². The molecule has 5 heteroatoms. The van der Waals surface area contributed by atoms with Gasteiger partial charge in [0.15, 0.2) is 0 Å². The molecule has 1 amide bonds.